The molecule has 6 heteroatoms. The van der Waals surface area contributed by atoms with E-state index in [-0.39, 0.29) is 37.5 Å². The number of hydrogen-bond donors (Lipinski definition) is 0. The second-order valence-electron chi connectivity index (χ2n) is 12.8. The Balaban J connectivity index is 4.49. The van der Waals surface area contributed by atoms with Gasteiger partial charge in [0.25, 0.3) is 0 Å². The predicted octanol–water partition coefficient (Wildman–Crippen LogP) is 12.0. The third-order valence-corrected chi connectivity index (χ3v) is 8.07. The maximum atomic E-state index is 12.6. The number of unbranched alkanes of at least 4 members (excludes halogenated alkanes) is 15. The monoisotopic (exact) mass is 673 g/mol. The molecule has 0 heterocycles. The van der Waals surface area contributed by atoms with E-state index in [1.165, 1.54) is 70.6 Å². The van der Waals surface area contributed by atoms with Gasteiger partial charge >= 0.3 is 17.9 Å². The first-order valence-corrected chi connectivity index (χ1v) is 19.6. The predicted molar refractivity (Wildman–Crippen MR) is 201 cm³/mol. The van der Waals surface area contributed by atoms with Gasteiger partial charge in [-0.25, -0.2) is 0 Å². The van der Waals surface area contributed by atoms with Crippen LogP contribution in [0.15, 0.2) is 48.6 Å². The molecule has 0 aliphatic heterocycles. The van der Waals surface area contributed by atoms with Crippen LogP contribution < -0.4 is 0 Å². The molecule has 0 aromatic rings. The van der Waals surface area contributed by atoms with Gasteiger partial charge in [0.15, 0.2) is 6.10 Å². The second-order valence-corrected chi connectivity index (χ2v) is 12.8. The zero-order valence-corrected chi connectivity index (χ0v) is 31.2. The molecule has 0 bridgehead atoms. The van der Waals surface area contributed by atoms with Crippen molar-refractivity contribution in [2.24, 2.45) is 0 Å². The molecule has 0 amide bonds. The summed E-state index contributed by atoms with van der Waals surface area (Å²) in [6, 6.07) is 0. The van der Waals surface area contributed by atoms with E-state index in [1.807, 2.05) is 0 Å². The summed E-state index contributed by atoms with van der Waals surface area (Å²) < 4.78 is 16.5. The number of ether oxygens (including phenoxy) is 3. The molecule has 0 fully saturated rings. The Morgan fingerprint density at radius 3 is 1.35 bits per heavy atom. The third-order valence-electron chi connectivity index (χ3n) is 8.07. The molecule has 0 aromatic carbocycles. The highest BCUT2D eigenvalue weighted by molar-refractivity contribution is 5.71. The van der Waals surface area contributed by atoms with Gasteiger partial charge in [-0.1, -0.05) is 146 Å². The van der Waals surface area contributed by atoms with Crippen LogP contribution in [-0.2, 0) is 28.6 Å². The summed E-state index contributed by atoms with van der Waals surface area (Å²) in [4.78, 5) is 37.3. The first-order valence-electron chi connectivity index (χ1n) is 19.6. The van der Waals surface area contributed by atoms with E-state index in [0.717, 1.165) is 57.8 Å². The summed E-state index contributed by atoms with van der Waals surface area (Å²) in [6.45, 7) is 6.36. The van der Waals surface area contributed by atoms with Gasteiger partial charge in [-0.3, -0.25) is 14.4 Å². The fourth-order valence-corrected chi connectivity index (χ4v) is 5.11. The van der Waals surface area contributed by atoms with Crippen molar-refractivity contribution in [2.45, 2.75) is 187 Å². The van der Waals surface area contributed by atoms with Crippen LogP contribution in [-0.4, -0.2) is 37.2 Å². The summed E-state index contributed by atoms with van der Waals surface area (Å²) >= 11 is 0. The van der Waals surface area contributed by atoms with Crippen LogP contribution in [0.4, 0.5) is 0 Å². The number of esters is 3. The van der Waals surface area contributed by atoms with Gasteiger partial charge in [0.1, 0.15) is 13.2 Å². The molecule has 0 saturated heterocycles. The molecule has 0 aliphatic rings. The Labute approximate surface area is 295 Å². The van der Waals surface area contributed by atoms with Gasteiger partial charge in [-0.05, 0) is 64.2 Å². The molecular formula is C42H72O6. The van der Waals surface area contributed by atoms with Gasteiger partial charge in [0.05, 0.1) is 0 Å². The number of carbonyl (C=O) groups is 3. The minimum Gasteiger partial charge on any atom is -0.462 e. The summed E-state index contributed by atoms with van der Waals surface area (Å²) in [7, 11) is 0. The largest absolute Gasteiger partial charge is 0.462 e. The van der Waals surface area contributed by atoms with Gasteiger partial charge in [-0.15, -0.1) is 0 Å². The molecule has 0 aromatic heterocycles. The fourth-order valence-electron chi connectivity index (χ4n) is 5.11. The minimum absolute atomic E-state index is 0.104. The molecule has 0 spiro atoms. The molecule has 6 nitrogen and oxygen atoms in total. The molecular weight excluding hydrogens is 600 g/mol. The second kappa shape index (κ2) is 37.2. The van der Waals surface area contributed by atoms with Gasteiger partial charge in [0, 0.05) is 19.3 Å². The molecule has 0 aliphatic carbocycles. The molecule has 1 atom stereocenters. The first-order chi connectivity index (χ1) is 23.5. The van der Waals surface area contributed by atoms with Crippen molar-refractivity contribution in [3.05, 3.63) is 48.6 Å². The van der Waals surface area contributed by atoms with E-state index in [0.29, 0.717) is 25.7 Å². The van der Waals surface area contributed by atoms with Crippen molar-refractivity contribution in [2.75, 3.05) is 13.2 Å². The topological polar surface area (TPSA) is 78.9 Å². The first kappa shape index (κ1) is 45.4. The van der Waals surface area contributed by atoms with Crippen LogP contribution in [0.5, 0.6) is 0 Å². The fraction of sp³-hybridized carbons (Fsp3) is 0.738. The van der Waals surface area contributed by atoms with Gasteiger partial charge < -0.3 is 14.2 Å². The Morgan fingerprint density at radius 2 is 0.833 bits per heavy atom. The zero-order chi connectivity index (χ0) is 35.2. The SMILES string of the molecule is CC/C=C\C/C=C\C/C=C\CCCC(=O)OCC(COC(=O)CCC/C=C\CCCCCC)OC(=O)CCCCCCCCCCCC. The van der Waals surface area contributed by atoms with E-state index < -0.39 is 6.10 Å². The van der Waals surface area contributed by atoms with E-state index >= 15 is 0 Å². The smallest absolute Gasteiger partial charge is 0.306 e. The van der Waals surface area contributed by atoms with Gasteiger partial charge in [-0.2, -0.15) is 0 Å². The summed E-state index contributed by atoms with van der Waals surface area (Å²) in [6.07, 6.45) is 41.1. The van der Waals surface area contributed by atoms with Crippen molar-refractivity contribution >= 4 is 17.9 Å². The van der Waals surface area contributed by atoms with Crippen molar-refractivity contribution in [1.29, 1.82) is 0 Å². The van der Waals surface area contributed by atoms with E-state index in [9.17, 15) is 14.4 Å². The quantitative estimate of drug-likeness (QED) is 0.0293. The average molecular weight is 673 g/mol. The maximum absolute atomic E-state index is 12.6. The van der Waals surface area contributed by atoms with Crippen LogP contribution in [0.3, 0.4) is 0 Å². The van der Waals surface area contributed by atoms with Crippen molar-refractivity contribution in [3.63, 3.8) is 0 Å². The molecule has 0 N–H and O–H groups in total. The lowest BCUT2D eigenvalue weighted by Gasteiger charge is -2.18. The molecule has 0 rings (SSSR count). The molecule has 1 unspecified atom stereocenters. The van der Waals surface area contributed by atoms with Crippen LogP contribution in [0.25, 0.3) is 0 Å². The normalized spacial score (nSPS) is 12.5. The van der Waals surface area contributed by atoms with Crippen LogP contribution in [0, 0.1) is 0 Å². The van der Waals surface area contributed by atoms with Crippen LogP contribution >= 0.6 is 0 Å². The Kier molecular flexibility index (Phi) is 35.2. The van der Waals surface area contributed by atoms with Crippen LogP contribution in [0.1, 0.15) is 181 Å². The number of allylic oxidation sites excluding steroid dienone is 8. The maximum Gasteiger partial charge on any atom is 0.306 e. The number of hydrogen-bond acceptors (Lipinski definition) is 6. The number of carbonyl (C=O) groups excluding carboxylic acids is 3. The molecule has 48 heavy (non-hydrogen) atoms. The van der Waals surface area contributed by atoms with Crippen molar-refractivity contribution in [3.8, 4) is 0 Å². The standard InChI is InChI=1S/C42H72O6/c1-4-7-10-13-16-19-21-24-26-29-32-35-41(44)47-38-39(37-46-40(43)34-31-28-25-22-18-15-12-9-6-3)48-42(45)36-33-30-27-23-20-17-14-11-8-5-2/h7,10,16,19,22,24-26,39H,4-6,8-9,11-15,17-18,20-21,23,27-38H2,1-3H3/b10-7-,19-16-,25-22-,26-24-. The third kappa shape index (κ3) is 34.7. The van der Waals surface area contributed by atoms with E-state index in [2.05, 4.69) is 69.4 Å². The Hall–Kier alpha value is -2.63. The Bertz CT molecular complexity index is 871. The van der Waals surface area contributed by atoms with Gasteiger partial charge in [0.2, 0.25) is 0 Å². The molecule has 276 valence electrons. The highest BCUT2D eigenvalue weighted by atomic mass is 16.6. The number of rotatable bonds is 34. The van der Waals surface area contributed by atoms with Crippen LogP contribution in [0.2, 0.25) is 0 Å². The lowest BCUT2D eigenvalue weighted by atomic mass is 10.1. The summed E-state index contributed by atoms with van der Waals surface area (Å²) in [5.41, 5.74) is 0. The van der Waals surface area contributed by atoms with Crippen molar-refractivity contribution in [1.82, 2.24) is 0 Å². The lowest BCUT2D eigenvalue weighted by Crippen LogP contribution is -2.30. The highest BCUT2D eigenvalue weighted by Gasteiger charge is 2.19. The van der Waals surface area contributed by atoms with E-state index in [1.54, 1.807) is 0 Å². The highest BCUT2D eigenvalue weighted by Crippen LogP contribution is 2.13. The average Bonchev–Trinajstić information content (AvgIpc) is 3.08. The summed E-state index contributed by atoms with van der Waals surface area (Å²) in [5, 5.41) is 0. The Morgan fingerprint density at radius 1 is 0.438 bits per heavy atom. The van der Waals surface area contributed by atoms with E-state index in [4.69, 9.17) is 14.2 Å². The van der Waals surface area contributed by atoms with Crippen molar-refractivity contribution < 1.29 is 28.6 Å². The minimum atomic E-state index is -0.796. The summed E-state index contributed by atoms with van der Waals surface area (Å²) in [5.74, 6) is -1.00. The lowest BCUT2D eigenvalue weighted by molar-refractivity contribution is -0.167. The zero-order valence-electron chi connectivity index (χ0n) is 31.2. The molecule has 0 radical (unpaired) electrons. The molecule has 0 saturated carbocycles.